The fraction of sp³-hybridized carbons (Fsp3) is 0.545. The van der Waals surface area contributed by atoms with Crippen molar-refractivity contribution in [3.8, 4) is 0 Å². The van der Waals surface area contributed by atoms with Crippen LogP contribution in [0.25, 0.3) is 0 Å². The van der Waals surface area contributed by atoms with Crippen LogP contribution in [-0.4, -0.2) is 22.0 Å². The van der Waals surface area contributed by atoms with Crippen LogP contribution in [0.4, 0.5) is 5.82 Å². The molecule has 0 amide bonds. The van der Waals surface area contributed by atoms with E-state index in [2.05, 4.69) is 40.1 Å². The van der Waals surface area contributed by atoms with E-state index in [1.807, 2.05) is 24.0 Å². The summed E-state index contributed by atoms with van der Waals surface area (Å²) in [7, 11) is 0. The van der Waals surface area contributed by atoms with Gasteiger partial charge in [0, 0.05) is 17.5 Å². The summed E-state index contributed by atoms with van der Waals surface area (Å²) in [6, 6.07) is 2.57. The van der Waals surface area contributed by atoms with E-state index in [0.29, 0.717) is 11.3 Å². The fourth-order valence-electron chi connectivity index (χ4n) is 1.74. The van der Waals surface area contributed by atoms with Crippen molar-refractivity contribution in [2.45, 2.75) is 31.6 Å². The van der Waals surface area contributed by atoms with Crippen molar-refractivity contribution in [2.24, 2.45) is 0 Å². The van der Waals surface area contributed by atoms with E-state index >= 15 is 0 Å². The number of hydrogen-bond acceptors (Lipinski definition) is 3. The highest BCUT2D eigenvalue weighted by atomic mass is 79.9. The summed E-state index contributed by atoms with van der Waals surface area (Å²) < 4.78 is 1.09. The van der Waals surface area contributed by atoms with Gasteiger partial charge in [0.15, 0.2) is 0 Å². The number of hydrogen-bond donors (Lipinski definition) is 1. The van der Waals surface area contributed by atoms with Gasteiger partial charge in [-0.2, -0.15) is 11.8 Å². The first-order valence-electron chi connectivity index (χ1n) is 5.17. The average Bonchev–Trinajstić information content (AvgIpc) is 2.60. The molecular weight excluding hydrogens is 272 g/mol. The second kappa shape index (κ2) is 4.74. The zero-order chi connectivity index (χ0) is 10.8. The number of halogens is 1. The monoisotopic (exact) mass is 286 g/mol. The Balaban J connectivity index is 2.13. The molecule has 1 N–H and O–H groups in total. The quantitative estimate of drug-likeness (QED) is 0.901. The van der Waals surface area contributed by atoms with Crippen molar-refractivity contribution in [3.63, 3.8) is 0 Å². The lowest BCUT2D eigenvalue weighted by atomic mass is 10.1. The number of nitrogens with zero attached hydrogens (tertiary/aromatic N) is 1. The van der Waals surface area contributed by atoms with Gasteiger partial charge in [-0.25, -0.2) is 4.98 Å². The molecule has 0 spiro atoms. The number of rotatable bonds is 2. The lowest BCUT2D eigenvalue weighted by Crippen LogP contribution is -2.25. The van der Waals surface area contributed by atoms with E-state index in [1.54, 1.807) is 0 Å². The van der Waals surface area contributed by atoms with Crippen LogP contribution in [0.5, 0.6) is 0 Å². The van der Waals surface area contributed by atoms with Gasteiger partial charge in [0.05, 0.1) is 4.47 Å². The molecule has 1 aromatic rings. The van der Waals surface area contributed by atoms with Gasteiger partial charge < -0.3 is 5.32 Å². The van der Waals surface area contributed by atoms with Gasteiger partial charge in [0.2, 0.25) is 0 Å². The predicted octanol–water partition coefficient (Wildman–Crippen LogP) is 3.46. The van der Waals surface area contributed by atoms with Gasteiger partial charge in [-0.15, -0.1) is 0 Å². The second-order valence-corrected chi connectivity index (χ2v) is 6.18. The molecule has 1 fully saturated rings. The average molecular weight is 287 g/mol. The van der Waals surface area contributed by atoms with Crippen LogP contribution in [0.3, 0.4) is 0 Å². The van der Waals surface area contributed by atoms with E-state index in [4.69, 9.17) is 0 Å². The summed E-state index contributed by atoms with van der Waals surface area (Å²) in [6.07, 6.45) is 3.09. The van der Waals surface area contributed by atoms with Gasteiger partial charge in [0.1, 0.15) is 5.82 Å². The van der Waals surface area contributed by atoms with Crippen LogP contribution in [-0.2, 0) is 0 Å². The molecule has 0 bridgehead atoms. The molecule has 2 rings (SSSR count). The number of thioether (sulfide) groups is 1. The largest absolute Gasteiger partial charge is 0.365 e. The van der Waals surface area contributed by atoms with E-state index in [0.717, 1.165) is 10.3 Å². The third kappa shape index (κ3) is 2.48. The van der Waals surface area contributed by atoms with E-state index in [9.17, 15) is 0 Å². The maximum atomic E-state index is 4.37. The first-order valence-corrected chi connectivity index (χ1v) is 7.02. The third-order valence-electron chi connectivity index (χ3n) is 2.78. The number of nitrogens with one attached hydrogen (secondary N) is 1. The molecule has 2 heterocycles. The van der Waals surface area contributed by atoms with E-state index in [1.165, 1.54) is 17.7 Å². The van der Waals surface area contributed by atoms with E-state index < -0.39 is 0 Å². The van der Waals surface area contributed by atoms with E-state index in [-0.39, 0.29) is 0 Å². The van der Waals surface area contributed by atoms with Crippen molar-refractivity contribution in [3.05, 3.63) is 22.3 Å². The van der Waals surface area contributed by atoms with Crippen LogP contribution in [0, 0.1) is 6.92 Å². The molecule has 1 aliphatic heterocycles. The highest BCUT2D eigenvalue weighted by Crippen LogP contribution is 2.31. The summed E-state index contributed by atoms with van der Waals surface area (Å²) >= 11 is 5.60. The summed E-state index contributed by atoms with van der Waals surface area (Å²) in [5.41, 5.74) is 1.23. The molecule has 2 atom stereocenters. The van der Waals surface area contributed by atoms with Gasteiger partial charge >= 0.3 is 0 Å². The minimum absolute atomic E-state index is 0.556. The molecule has 0 saturated carbocycles. The topological polar surface area (TPSA) is 24.9 Å². The Labute approximate surface area is 103 Å². The summed E-state index contributed by atoms with van der Waals surface area (Å²) in [5.74, 6) is 2.23. The molecule has 4 heteroatoms. The van der Waals surface area contributed by atoms with Crippen LogP contribution < -0.4 is 5.32 Å². The van der Waals surface area contributed by atoms with Crippen LogP contribution >= 0.6 is 27.7 Å². The SMILES string of the molecule is Cc1ccnc(NC2CCSC2C)c1Br. The predicted molar refractivity (Wildman–Crippen MR) is 70.6 cm³/mol. The third-order valence-corrected chi connectivity index (χ3v) is 5.11. The lowest BCUT2D eigenvalue weighted by molar-refractivity contribution is 0.719. The Morgan fingerprint density at radius 1 is 1.60 bits per heavy atom. The maximum absolute atomic E-state index is 4.37. The van der Waals surface area contributed by atoms with Crippen molar-refractivity contribution in [1.82, 2.24) is 4.98 Å². The zero-order valence-corrected chi connectivity index (χ0v) is 11.4. The molecule has 2 nitrogen and oxygen atoms in total. The molecule has 0 radical (unpaired) electrons. The molecular formula is C11H15BrN2S. The Bertz CT molecular complexity index is 356. The maximum Gasteiger partial charge on any atom is 0.140 e. The second-order valence-electron chi connectivity index (χ2n) is 3.91. The zero-order valence-electron chi connectivity index (χ0n) is 8.96. The number of aryl methyl sites for hydroxylation is 1. The smallest absolute Gasteiger partial charge is 0.140 e. The number of anilines is 1. The molecule has 1 aliphatic rings. The van der Waals surface area contributed by atoms with Crippen LogP contribution in [0.15, 0.2) is 16.7 Å². The normalized spacial score (nSPS) is 25.5. The minimum Gasteiger partial charge on any atom is -0.365 e. The highest BCUT2D eigenvalue weighted by molar-refractivity contribution is 9.10. The molecule has 15 heavy (non-hydrogen) atoms. The fourth-order valence-corrected chi connectivity index (χ4v) is 3.28. The van der Waals surface area contributed by atoms with Crippen molar-refractivity contribution >= 4 is 33.5 Å². The molecule has 82 valence electrons. The Hall–Kier alpha value is -0.220. The van der Waals surface area contributed by atoms with Crippen molar-refractivity contribution in [2.75, 3.05) is 11.1 Å². The minimum atomic E-state index is 0.556. The van der Waals surface area contributed by atoms with Gasteiger partial charge in [-0.1, -0.05) is 6.92 Å². The molecule has 0 aliphatic carbocycles. The van der Waals surface area contributed by atoms with Crippen LogP contribution in [0.2, 0.25) is 0 Å². The van der Waals surface area contributed by atoms with Crippen molar-refractivity contribution < 1.29 is 0 Å². The first kappa shape index (κ1) is 11.3. The lowest BCUT2D eigenvalue weighted by Gasteiger charge is -2.18. The molecule has 0 aromatic carbocycles. The number of pyridine rings is 1. The van der Waals surface area contributed by atoms with Crippen LogP contribution in [0.1, 0.15) is 18.9 Å². The van der Waals surface area contributed by atoms with Gasteiger partial charge in [-0.05, 0) is 46.7 Å². The number of aromatic nitrogens is 1. The summed E-state index contributed by atoms with van der Waals surface area (Å²) in [6.45, 7) is 4.36. The van der Waals surface area contributed by atoms with Gasteiger partial charge in [-0.3, -0.25) is 0 Å². The standard InChI is InChI=1S/C11H15BrN2S/c1-7-3-5-13-11(10(7)12)14-9-4-6-15-8(9)2/h3,5,8-9H,4,6H2,1-2H3,(H,13,14). The van der Waals surface area contributed by atoms with Gasteiger partial charge in [0.25, 0.3) is 0 Å². The molecule has 2 unspecified atom stereocenters. The Kier molecular flexibility index (Phi) is 3.57. The molecule has 1 saturated heterocycles. The van der Waals surface area contributed by atoms with Crippen molar-refractivity contribution in [1.29, 1.82) is 0 Å². The summed E-state index contributed by atoms with van der Waals surface area (Å²) in [5, 5.41) is 4.20. The Morgan fingerprint density at radius 2 is 2.40 bits per heavy atom. The molecule has 1 aromatic heterocycles. The Morgan fingerprint density at radius 3 is 3.07 bits per heavy atom. The first-order chi connectivity index (χ1) is 7.18. The highest BCUT2D eigenvalue weighted by Gasteiger charge is 2.24. The summed E-state index contributed by atoms with van der Waals surface area (Å²) in [4.78, 5) is 4.37.